The first kappa shape index (κ1) is 16.7. The van der Waals surface area contributed by atoms with Gasteiger partial charge in [-0.3, -0.25) is 4.90 Å². The second kappa shape index (κ2) is 6.96. The fourth-order valence-electron chi connectivity index (χ4n) is 3.60. The molecule has 2 N–H and O–H groups in total. The molecule has 0 atom stereocenters. The molecule has 5 rings (SSSR count). The van der Waals surface area contributed by atoms with Crippen LogP contribution in [-0.4, -0.2) is 29.0 Å². The molecule has 0 aliphatic carbocycles. The van der Waals surface area contributed by atoms with Gasteiger partial charge in [0.1, 0.15) is 11.3 Å². The molecule has 0 amide bonds. The maximum absolute atomic E-state index is 6.00. The number of piperidine rings is 1. The zero-order valence-corrected chi connectivity index (χ0v) is 15.7. The molecule has 27 heavy (non-hydrogen) atoms. The Balaban J connectivity index is 1.35. The lowest BCUT2D eigenvalue weighted by atomic mass is 10.1. The summed E-state index contributed by atoms with van der Waals surface area (Å²) in [5, 5.41) is 1.79. The number of nitrogens with zero attached hydrogens (tertiary/aromatic N) is 2. The number of hydrogen-bond acceptors (Lipinski definition) is 6. The minimum absolute atomic E-state index is 0.351. The third-order valence-electron chi connectivity index (χ3n) is 5.13. The van der Waals surface area contributed by atoms with Gasteiger partial charge in [0.2, 0.25) is 0 Å². The molecule has 1 fully saturated rings. The average Bonchev–Trinajstić information content (AvgIpc) is 3.27. The van der Waals surface area contributed by atoms with E-state index in [-0.39, 0.29) is 0 Å². The van der Waals surface area contributed by atoms with Crippen LogP contribution in [0.3, 0.4) is 0 Å². The summed E-state index contributed by atoms with van der Waals surface area (Å²) in [5.41, 5.74) is 9.02. The van der Waals surface area contributed by atoms with Crippen LogP contribution in [0.5, 0.6) is 10.9 Å². The Bertz CT molecular complexity index is 1050. The van der Waals surface area contributed by atoms with E-state index in [4.69, 9.17) is 14.9 Å². The number of fused-ring (bicyclic) bond motifs is 2. The fourth-order valence-corrected chi connectivity index (χ4v) is 4.43. The van der Waals surface area contributed by atoms with Gasteiger partial charge in [-0.1, -0.05) is 23.5 Å². The zero-order chi connectivity index (χ0) is 18.2. The maximum Gasteiger partial charge on any atom is 0.279 e. The number of hydrogen-bond donors (Lipinski definition) is 1. The van der Waals surface area contributed by atoms with Crippen LogP contribution in [0.15, 0.2) is 53.1 Å². The van der Waals surface area contributed by atoms with E-state index in [0.29, 0.717) is 11.2 Å². The van der Waals surface area contributed by atoms with Crippen molar-refractivity contribution in [2.24, 2.45) is 5.73 Å². The summed E-state index contributed by atoms with van der Waals surface area (Å²) in [6.45, 7) is 3.00. The molecule has 2 aromatic heterocycles. The lowest BCUT2D eigenvalue weighted by Crippen LogP contribution is -2.39. The van der Waals surface area contributed by atoms with E-state index in [1.54, 1.807) is 11.3 Å². The molecule has 138 valence electrons. The Hall–Kier alpha value is -2.41. The number of ether oxygens (including phenoxy) is 1. The minimum atomic E-state index is 0.351. The highest BCUT2D eigenvalue weighted by Crippen LogP contribution is 2.33. The number of likely N-dealkylation sites (tertiary alicyclic amines) is 1. The van der Waals surface area contributed by atoms with Gasteiger partial charge >= 0.3 is 0 Å². The smallest absolute Gasteiger partial charge is 0.279 e. The summed E-state index contributed by atoms with van der Waals surface area (Å²) in [7, 11) is 0. The van der Waals surface area contributed by atoms with E-state index in [2.05, 4.69) is 22.0 Å². The Morgan fingerprint density at radius 2 is 2.04 bits per heavy atom. The third kappa shape index (κ3) is 3.43. The first-order valence-corrected chi connectivity index (χ1v) is 10.1. The van der Waals surface area contributed by atoms with Crippen LogP contribution in [0.4, 0.5) is 0 Å². The van der Waals surface area contributed by atoms with Crippen LogP contribution >= 0.6 is 11.3 Å². The number of benzene rings is 2. The third-order valence-corrected chi connectivity index (χ3v) is 6.05. The summed E-state index contributed by atoms with van der Waals surface area (Å²) >= 11 is 1.55. The number of nitrogens with two attached hydrogens (primary N) is 1. The van der Waals surface area contributed by atoms with Gasteiger partial charge in [-0.05, 0) is 50.2 Å². The van der Waals surface area contributed by atoms with Crippen molar-refractivity contribution in [3.05, 3.63) is 54.3 Å². The molecule has 0 saturated carbocycles. The van der Waals surface area contributed by atoms with Crippen molar-refractivity contribution >= 4 is 32.5 Å². The summed E-state index contributed by atoms with van der Waals surface area (Å²) < 4.78 is 12.9. The highest BCUT2D eigenvalue weighted by atomic mass is 32.1. The van der Waals surface area contributed by atoms with Crippen molar-refractivity contribution in [1.29, 1.82) is 0 Å². The Morgan fingerprint density at radius 3 is 2.89 bits per heavy atom. The van der Waals surface area contributed by atoms with Crippen LogP contribution in [0, 0.1) is 0 Å². The quantitative estimate of drug-likeness (QED) is 0.554. The van der Waals surface area contributed by atoms with Crippen LogP contribution in [0.25, 0.3) is 21.2 Å². The molecule has 4 aromatic rings. The average molecular weight is 379 g/mol. The van der Waals surface area contributed by atoms with Crippen molar-refractivity contribution in [2.75, 3.05) is 13.1 Å². The largest absolute Gasteiger partial charge is 0.464 e. The van der Waals surface area contributed by atoms with Gasteiger partial charge in [-0.15, -0.1) is 0 Å². The molecule has 0 spiro atoms. The van der Waals surface area contributed by atoms with Crippen LogP contribution in [0.1, 0.15) is 18.4 Å². The Kier molecular flexibility index (Phi) is 4.32. The molecule has 3 heterocycles. The molecule has 1 aliphatic rings. The monoisotopic (exact) mass is 379 g/mol. The summed E-state index contributed by atoms with van der Waals surface area (Å²) in [5.74, 6) is 0.742. The van der Waals surface area contributed by atoms with Crippen molar-refractivity contribution in [1.82, 2.24) is 9.88 Å². The lowest BCUT2D eigenvalue weighted by molar-refractivity contribution is 0.206. The highest BCUT2D eigenvalue weighted by molar-refractivity contribution is 7.20. The van der Waals surface area contributed by atoms with Gasteiger partial charge < -0.3 is 14.9 Å². The summed E-state index contributed by atoms with van der Waals surface area (Å²) in [6, 6.07) is 14.4. The number of rotatable bonds is 4. The zero-order valence-electron chi connectivity index (χ0n) is 14.9. The molecule has 0 bridgehead atoms. The van der Waals surface area contributed by atoms with Gasteiger partial charge in [-0.2, -0.15) is 0 Å². The van der Waals surface area contributed by atoms with Crippen LogP contribution < -0.4 is 10.5 Å². The fraction of sp³-hybridized carbons (Fsp3) is 0.286. The van der Waals surface area contributed by atoms with Gasteiger partial charge in [0.05, 0.1) is 16.5 Å². The minimum Gasteiger partial charge on any atom is -0.464 e. The normalized spacial score (nSPS) is 16.3. The van der Waals surface area contributed by atoms with E-state index in [1.807, 2.05) is 36.6 Å². The van der Waals surface area contributed by atoms with E-state index >= 15 is 0 Å². The number of para-hydroxylation sites is 1. The lowest BCUT2D eigenvalue weighted by Gasteiger charge is -2.29. The molecule has 0 radical (unpaired) electrons. The van der Waals surface area contributed by atoms with Crippen molar-refractivity contribution in [3.63, 3.8) is 0 Å². The predicted molar refractivity (Wildman–Crippen MR) is 108 cm³/mol. The molecule has 2 aromatic carbocycles. The second-order valence-corrected chi connectivity index (χ2v) is 8.08. The highest BCUT2D eigenvalue weighted by Gasteiger charge is 2.18. The summed E-state index contributed by atoms with van der Waals surface area (Å²) in [4.78, 5) is 6.97. The van der Waals surface area contributed by atoms with Crippen LogP contribution in [-0.2, 0) is 6.54 Å². The number of aromatic nitrogens is 1. The van der Waals surface area contributed by atoms with Gasteiger partial charge in [0.25, 0.3) is 5.19 Å². The molecule has 6 heteroatoms. The predicted octanol–water partition coefficient (Wildman–Crippen LogP) is 4.76. The van der Waals surface area contributed by atoms with Gasteiger partial charge in [0.15, 0.2) is 0 Å². The Morgan fingerprint density at radius 1 is 1.19 bits per heavy atom. The second-order valence-electron chi connectivity index (χ2n) is 7.08. The molecule has 0 unspecified atom stereocenters. The van der Waals surface area contributed by atoms with Gasteiger partial charge in [-0.25, -0.2) is 4.98 Å². The van der Waals surface area contributed by atoms with Crippen molar-refractivity contribution in [3.8, 4) is 10.9 Å². The molecular weight excluding hydrogens is 358 g/mol. The van der Waals surface area contributed by atoms with E-state index in [0.717, 1.165) is 59.4 Å². The molecular formula is C21H21N3O2S. The van der Waals surface area contributed by atoms with Crippen molar-refractivity contribution < 1.29 is 9.15 Å². The molecule has 5 nitrogen and oxygen atoms in total. The van der Waals surface area contributed by atoms with Crippen molar-refractivity contribution in [2.45, 2.75) is 25.4 Å². The van der Waals surface area contributed by atoms with Gasteiger partial charge in [0, 0.05) is 29.6 Å². The molecule has 1 aliphatic heterocycles. The first-order chi connectivity index (χ1) is 13.2. The summed E-state index contributed by atoms with van der Waals surface area (Å²) in [6.07, 6.45) is 3.99. The number of furan rings is 1. The standard InChI is InChI=1S/C21H21N3O2S/c22-15-7-9-24(10-8-15)12-14-13-25-19-11-16(5-6-17(14)19)26-21-23-18-3-1-2-4-20(18)27-21/h1-6,11,13,15H,7-10,12,22H2. The number of thiazole rings is 1. The maximum atomic E-state index is 6.00. The molecule has 1 saturated heterocycles. The van der Waals surface area contributed by atoms with E-state index < -0.39 is 0 Å². The first-order valence-electron chi connectivity index (χ1n) is 9.26. The van der Waals surface area contributed by atoms with E-state index in [1.165, 1.54) is 5.56 Å². The van der Waals surface area contributed by atoms with E-state index in [9.17, 15) is 0 Å². The topological polar surface area (TPSA) is 64.5 Å². The Labute approximate surface area is 161 Å². The van der Waals surface area contributed by atoms with Crippen LogP contribution in [0.2, 0.25) is 0 Å². The SMILES string of the molecule is NC1CCN(Cc2coc3cc(Oc4nc5ccccc5s4)ccc23)CC1.